The van der Waals surface area contributed by atoms with Crippen LogP contribution in [0, 0.1) is 6.92 Å². The predicted octanol–water partition coefficient (Wildman–Crippen LogP) is 3.12. The number of hydrogen-bond donors (Lipinski definition) is 0. The number of Topliss-reactive ketones (excluding diaryl/α,β-unsaturated/α-hetero) is 1. The predicted molar refractivity (Wildman–Crippen MR) is 74.7 cm³/mol. The van der Waals surface area contributed by atoms with Gasteiger partial charge in [-0.15, -0.1) is 5.10 Å². The van der Waals surface area contributed by atoms with E-state index in [0.29, 0.717) is 5.69 Å². The van der Waals surface area contributed by atoms with Gasteiger partial charge in [0.2, 0.25) is 0 Å². The molecule has 0 spiro atoms. The van der Waals surface area contributed by atoms with E-state index in [1.807, 2.05) is 19.1 Å². The summed E-state index contributed by atoms with van der Waals surface area (Å²) in [5.41, 5.74) is 3.50. The minimum Gasteiger partial charge on any atom is -0.293 e. The van der Waals surface area contributed by atoms with Crippen molar-refractivity contribution in [1.29, 1.82) is 0 Å². The van der Waals surface area contributed by atoms with Gasteiger partial charge >= 0.3 is 0 Å². The first kappa shape index (κ1) is 13.5. The average Bonchev–Trinajstić information content (AvgIpc) is 2.79. The van der Waals surface area contributed by atoms with Crippen molar-refractivity contribution in [3.8, 4) is 5.69 Å². The maximum atomic E-state index is 11.4. The molecule has 0 bridgehead atoms. The van der Waals surface area contributed by atoms with Crippen LogP contribution >= 0.6 is 0 Å². The van der Waals surface area contributed by atoms with E-state index >= 15 is 0 Å². The van der Waals surface area contributed by atoms with Gasteiger partial charge in [-0.1, -0.05) is 30.7 Å². The van der Waals surface area contributed by atoms with Gasteiger partial charge in [-0.25, -0.2) is 4.68 Å². The lowest BCUT2D eigenvalue weighted by atomic mass is 10.1. The zero-order chi connectivity index (χ0) is 13.8. The molecule has 2 rings (SSSR count). The molecule has 0 amide bonds. The summed E-state index contributed by atoms with van der Waals surface area (Å²) in [6.45, 7) is 5.56. The number of ketones is 1. The molecule has 0 fully saturated rings. The van der Waals surface area contributed by atoms with Crippen LogP contribution in [0.25, 0.3) is 5.69 Å². The first-order valence-corrected chi connectivity index (χ1v) is 6.66. The highest BCUT2D eigenvalue weighted by Crippen LogP contribution is 2.14. The SMILES string of the molecule is CCCCc1ccc(-n2nnc(C(C)=O)c2C)cc1. The second-order valence-electron chi connectivity index (χ2n) is 4.76. The van der Waals surface area contributed by atoms with Crippen molar-refractivity contribution in [2.45, 2.75) is 40.0 Å². The van der Waals surface area contributed by atoms with E-state index in [9.17, 15) is 4.79 Å². The summed E-state index contributed by atoms with van der Waals surface area (Å²) in [7, 11) is 0. The maximum Gasteiger partial charge on any atom is 0.181 e. The third-order valence-corrected chi connectivity index (χ3v) is 3.23. The van der Waals surface area contributed by atoms with Gasteiger partial charge in [-0.3, -0.25) is 4.79 Å². The summed E-state index contributed by atoms with van der Waals surface area (Å²) < 4.78 is 1.71. The summed E-state index contributed by atoms with van der Waals surface area (Å²) in [6.07, 6.45) is 3.51. The average molecular weight is 257 g/mol. The van der Waals surface area contributed by atoms with Crippen molar-refractivity contribution >= 4 is 5.78 Å². The first-order valence-electron chi connectivity index (χ1n) is 6.66. The minimum absolute atomic E-state index is 0.0525. The van der Waals surface area contributed by atoms with E-state index < -0.39 is 0 Å². The lowest BCUT2D eigenvalue weighted by Crippen LogP contribution is -2.01. The molecule has 100 valence electrons. The van der Waals surface area contributed by atoms with E-state index in [-0.39, 0.29) is 5.78 Å². The van der Waals surface area contributed by atoms with Crippen LogP contribution in [0.4, 0.5) is 0 Å². The Kier molecular flexibility index (Phi) is 4.10. The van der Waals surface area contributed by atoms with Gasteiger partial charge in [-0.05, 0) is 37.5 Å². The van der Waals surface area contributed by atoms with E-state index in [2.05, 4.69) is 29.4 Å². The molecule has 0 N–H and O–H groups in total. The second-order valence-corrected chi connectivity index (χ2v) is 4.76. The van der Waals surface area contributed by atoms with Crippen molar-refractivity contribution < 1.29 is 4.79 Å². The van der Waals surface area contributed by atoms with Crippen molar-refractivity contribution in [2.75, 3.05) is 0 Å². The highest BCUT2D eigenvalue weighted by Gasteiger charge is 2.13. The standard InChI is InChI=1S/C15H19N3O/c1-4-5-6-13-7-9-14(10-8-13)18-11(2)15(12(3)19)16-17-18/h7-10H,4-6H2,1-3H3. The molecule has 1 aromatic carbocycles. The number of carbonyl (C=O) groups is 1. The number of carbonyl (C=O) groups excluding carboxylic acids is 1. The van der Waals surface area contributed by atoms with Crippen LogP contribution in [-0.4, -0.2) is 20.8 Å². The van der Waals surface area contributed by atoms with Crippen LogP contribution < -0.4 is 0 Å². The highest BCUT2D eigenvalue weighted by atomic mass is 16.1. The molecule has 0 aliphatic heterocycles. The lowest BCUT2D eigenvalue weighted by Gasteiger charge is -2.05. The topological polar surface area (TPSA) is 47.8 Å². The molecule has 2 aromatic rings. The highest BCUT2D eigenvalue weighted by molar-refractivity contribution is 5.93. The molecule has 4 nitrogen and oxygen atoms in total. The smallest absolute Gasteiger partial charge is 0.181 e. The first-order chi connectivity index (χ1) is 9.13. The Hall–Kier alpha value is -1.97. The molecule has 1 heterocycles. The van der Waals surface area contributed by atoms with Gasteiger partial charge in [0.05, 0.1) is 11.4 Å². The fourth-order valence-electron chi connectivity index (χ4n) is 2.08. The third-order valence-electron chi connectivity index (χ3n) is 3.23. The normalized spacial score (nSPS) is 10.7. The second kappa shape index (κ2) is 5.78. The molecule has 0 aliphatic carbocycles. The molecular formula is C15H19N3O. The van der Waals surface area contributed by atoms with Crippen LogP contribution in [0.1, 0.15) is 48.4 Å². The molecule has 0 saturated carbocycles. The summed E-state index contributed by atoms with van der Waals surface area (Å²) in [4.78, 5) is 11.4. The van der Waals surface area contributed by atoms with Gasteiger partial charge in [0.25, 0.3) is 0 Å². The molecular weight excluding hydrogens is 238 g/mol. The molecule has 1 aromatic heterocycles. The van der Waals surface area contributed by atoms with Gasteiger partial charge in [-0.2, -0.15) is 0 Å². The van der Waals surface area contributed by atoms with Gasteiger partial charge in [0, 0.05) is 6.92 Å². The Morgan fingerprint density at radius 2 is 1.95 bits per heavy atom. The molecule has 0 aliphatic rings. The van der Waals surface area contributed by atoms with E-state index in [0.717, 1.165) is 17.8 Å². The van der Waals surface area contributed by atoms with E-state index in [1.54, 1.807) is 4.68 Å². The van der Waals surface area contributed by atoms with Crippen LogP contribution in [-0.2, 0) is 6.42 Å². The number of rotatable bonds is 5. The third kappa shape index (κ3) is 2.89. The van der Waals surface area contributed by atoms with Gasteiger partial charge < -0.3 is 0 Å². The fraction of sp³-hybridized carbons (Fsp3) is 0.400. The largest absolute Gasteiger partial charge is 0.293 e. The molecule has 0 saturated heterocycles. The maximum absolute atomic E-state index is 11.4. The van der Waals surface area contributed by atoms with Crippen molar-refractivity contribution in [2.24, 2.45) is 0 Å². The fourth-order valence-corrected chi connectivity index (χ4v) is 2.08. The van der Waals surface area contributed by atoms with Gasteiger partial charge in [0.1, 0.15) is 0 Å². The molecule has 0 unspecified atom stereocenters. The molecule has 0 radical (unpaired) electrons. The summed E-state index contributed by atoms with van der Waals surface area (Å²) in [5, 5.41) is 7.97. The number of hydrogen-bond acceptors (Lipinski definition) is 3. The number of nitrogens with zero attached hydrogens (tertiary/aromatic N) is 3. The van der Waals surface area contributed by atoms with Crippen molar-refractivity contribution in [1.82, 2.24) is 15.0 Å². The Labute approximate surface area is 113 Å². The lowest BCUT2D eigenvalue weighted by molar-refractivity contribution is 0.101. The minimum atomic E-state index is -0.0525. The Balaban J connectivity index is 2.25. The zero-order valence-corrected chi connectivity index (χ0v) is 11.7. The van der Waals surface area contributed by atoms with E-state index in [4.69, 9.17) is 0 Å². The summed E-state index contributed by atoms with van der Waals surface area (Å²) >= 11 is 0. The van der Waals surface area contributed by atoms with Crippen LogP contribution in [0.2, 0.25) is 0 Å². The van der Waals surface area contributed by atoms with Crippen LogP contribution in [0.15, 0.2) is 24.3 Å². The van der Waals surface area contributed by atoms with Crippen LogP contribution in [0.5, 0.6) is 0 Å². The van der Waals surface area contributed by atoms with Crippen molar-refractivity contribution in [3.05, 3.63) is 41.2 Å². The molecule has 4 heteroatoms. The summed E-state index contributed by atoms with van der Waals surface area (Å²) in [6, 6.07) is 8.27. The number of benzene rings is 1. The summed E-state index contributed by atoms with van der Waals surface area (Å²) in [5.74, 6) is -0.0525. The monoisotopic (exact) mass is 257 g/mol. The van der Waals surface area contributed by atoms with E-state index in [1.165, 1.54) is 25.3 Å². The quantitative estimate of drug-likeness (QED) is 0.773. The number of aromatic nitrogens is 3. The van der Waals surface area contributed by atoms with Crippen molar-refractivity contribution in [3.63, 3.8) is 0 Å². The zero-order valence-electron chi connectivity index (χ0n) is 11.7. The van der Waals surface area contributed by atoms with Crippen LogP contribution in [0.3, 0.4) is 0 Å². The van der Waals surface area contributed by atoms with Gasteiger partial charge in [0.15, 0.2) is 11.5 Å². The number of aryl methyl sites for hydroxylation is 1. The molecule has 19 heavy (non-hydrogen) atoms. The Morgan fingerprint density at radius 1 is 1.26 bits per heavy atom. The Bertz CT molecular complexity index is 570. The number of unbranched alkanes of at least 4 members (excludes halogenated alkanes) is 1. The molecule has 0 atom stereocenters. The Morgan fingerprint density at radius 3 is 2.47 bits per heavy atom.